The lowest BCUT2D eigenvalue weighted by atomic mass is 10.1. The molecule has 1 saturated carbocycles. The van der Waals surface area contributed by atoms with E-state index < -0.39 is 0 Å². The first kappa shape index (κ1) is 15.7. The molecule has 1 N–H and O–H groups in total. The summed E-state index contributed by atoms with van der Waals surface area (Å²) in [4.78, 5) is 14.4. The predicted molar refractivity (Wildman–Crippen MR) is 88.8 cm³/mol. The van der Waals surface area contributed by atoms with E-state index in [9.17, 15) is 9.18 Å². The molecule has 1 aliphatic rings. The molecule has 0 radical (unpaired) electrons. The number of nitrogens with zero attached hydrogens (tertiary/aromatic N) is 1. The van der Waals surface area contributed by atoms with E-state index in [1.54, 1.807) is 12.1 Å². The fourth-order valence-corrected chi connectivity index (χ4v) is 2.81. The van der Waals surface area contributed by atoms with Crippen molar-refractivity contribution in [3.8, 4) is 0 Å². The van der Waals surface area contributed by atoms with Crippen LogP contribution in [0.4, 0.5) is 4.39 Å². The van der Waals surface area contributed by atoms with Crippen LogP contribution in [0.1, 0.15) is 33.8 Å². The van der Waals surface area contributed by atoms with Crippen molar-refractivity contribution in [2.75, 3.05) is 14.1 Å². The van der Waals surface area contributed by atoms with Crippen molar-refractivity contribution in [3.63, 3.8) is 0 Å². The number of rotatable bonds is 5. The van der Waals surface area contributed by atoms with Crippen LogP contribution < -0.4 is 5.32 Å². The fourth-order valence-electron chi connectivity index (χ4n) is 2.81. The molecule has 1 amide bonds. The maximum atomic E-state index is 12.9. The normalized spacial score (nSPS) is 19.7. The third-order valence-corrected chi connectivity index (χ3v) is 4.12. The van der Waals surface area contributed by atoms with Crippen LogP contribution in [-0.4, -0.2) is 30.9 Å². The summed E-state index contributed by atoms with van der Waals surface area (Å²) in [5, 5.41) is 3.05. The second-order valence-electron chi connectivity index (χ2n) is 6.41. The highest BCUT2D eigenvalue weighted by atomic mass is 19.1. The first-order chi connectivity index (χ1) is 11.0. The minimum atomic E-state index is -0.229. The Kier molecular flexibility index (Phi) is 4.44. The molecule has 1 aliphatic carbocycles. The van der Waals surface area contributed by atoms with E-state index in [0.29, 0.717) is 11.5 Å². The van der Waals surface area contributed by atoms with Crippen molar-refractivity contribution >= 4 is 5.91 Å². The first-order valence-electron chi connectivity index (χ1n) is 7.83. The minimum absolute atomic E-state index is 0.0454. The molecular weight excluding hydrogens is 291 g/mol. The van der Waals surface area contributed by atoms with Gasteiger partial charge in [0.2, 0.25) is 0 Å². The summed E-state index contributed by atoms with van der Waals surface area (Å²) in [6.45, 7) is 0.858. The third-order valence-electron chi connectivity index (χ3n) is 4.12. The highest BCUT2D eigenvalue weighted by molar-refractivity contribution is 5.94. The Bertz CT molecular complexity index is 680. The van der Waals surface area contributed by atoms with Gasteiger partial charge in [-0.25, -0.2) is 4.39 Å². The molecule has 2 aromatic rings. The van der Waals surface area contributed by atoms with Gasteiger partial charge in [-0.3, -0.25) is 4.79 Å². The maximum absolute atomic E-state index is 12.9. The van der Waals surface area contributed by atoms with Gasteiger partial charge in [-0.1, -0.05) is 24.3 Å². The zero-order chi connectivity index (χ0) is 16.4. The zero-order valence-corrected chi connectivity index (χ0v) is 13.4. The second-order valence-corrected chi connectivity index (χ2v) is 6.41. The summed E-state index contributed by atoms with van der Waals surface area (Å²) in [5.74, 6) is 0.0244. The van der Waals surface area contributed by atoms with Crippen molar-refractivity contribution in [1.29, 1.82) is 0 Å². The van der Waals surface area contributed by atoms with Gasteiger partial charge in [0.05, 0.1) is 0 Å². The molecule has 0 spiro atoms. The van der Waals surface area contributed by atoms with Crippen molar-refractivity contribution in [1.82, 2.24) is 10.2 Å². The fraction of sp³-hybridized carbons (Fsp3) is 0.316. The molecule has 4 heteroatoms. The Morgan fingerprint density at radius 2 is 1.78 bits per heavy atom. The molecule has 0 aliphatic heterocycles. The summed E-state index contributed by atoms with van der Waals surface area (Å²) in [5.41, 5.74) is 2.94. The number of halogens is 1. The number of amides is 1. The lowest BCUT2D eigenvalue weighted by molar-refractivity contribution is 0.0950. The molecule has 1 fully saturated rings. The van der Waals surface area contributed by atoms with Gasteiger partial charge < -0.3 is 10.2 Å². The van der Waals surface area contributed by atoms with Crippen molar-refractivity contribution in [2.24, 2.45) is 0 Å². The average molecular weight is 312 g/mol. The van der Waals surface area contributed by atoms with Gasteiger partial charge in [0, 0.05) is 24.1 Å². The monoisotopic (exact) mass is 312 g/mol. The van der Waals surface area contributed by atoms with Crippen LogP contribution in [0.2, 0.25) is 0 Å². The van der Waals surface area contributed by atoms with Gasteiger partial charge in [0.15, 0.2) is 0 Å². The van der Waals surface area contributed by atoms with Gasteiger partial charge in [-0.15, -0.1) is 0 Å². The van der Waals surface area contributed by atoms with Crippen LogP contribution in [0.5, 0.6) is 0 Å². The molecule has 0 heterocycles. The number of nitrogens with one attached hydrogen (secondary N) is 1. The molecule has 0 aromatic heterocycles. The summed E-state index contributed by atoms with van der Waals surface area (Å²) in [7, 11) is 4.03. The van der Waals surface area contributed by atoms with Crippen molar-refractivity contribution < 1.29 is 9.18 Å². The number of carbonyl (C=O) groups is 1. The molecule has 0 bridgehead atoms. The topological polar surface area (TPSA) is 32.3 Å². The molecule has 23 heavy (non-hydrogen) atoms. The van der Waals surface area contributed by atoms with Gasteiger partial charge in [-0.05, 0) is 55.9 Å². The summed E-state index contributed by atoms with van der Waals surface area (Å²) < 4.78 is 12.9. The Morgan fingerprint density at radius 1 is 1.13 bits per heavy atom. The zero-order valence-electron chi connectivity index (χ0n) is 13.4. The largest absolute Gasteiger partial charge is 0.349 e. The Balaban J connectivity index is 1.57. The van der Waals surface area contributed by atoms with E-state index in [1.165, 1.54) is 17.7 Å². The first-order valence-corrected chi connectivity index (χ1v) is 7.83. The van der Waals surface area contributed by atoms with E-state index >= 15 is 0 Å². The van der Waals surface area contributed by atoms with E-state index in [-0.39, 0.29) is 17.8 Å². The number of benzene rings is 2. The molecule has 2 atom stereocenters. The molecule has 3 rings (SSSR count). The van der Waals surface area contributed by atoms with Crippen LogP contribution in [0.15, 0.2) is 48.5 Å². The average Bonchev–Trinajstić information content (AvgIpc) is 3.27. The second kappa shape index (κ2) is 6.50. The number of hydrogen-bond acceptors (Lipinski definition) is 2. The van der Waals surface area contributed by atoms with Crippen molar-refractivity contribution in [2.45, 2.75) is 24.9 Å². The van der Waals surface area contributed by atoms with E-state index in [2.05, 4.69) is 10.2 Å². The van der Waals surface area contributed by atoms with E-state index in [0.717, 1.165) is 18.5 Å². The van der Waals surface area contributed by atoms with E-state index in [4.69, 9.17) is 0 Å². The molecule has 0 saturated heterocycles. The van der Waals surface area contributed by atoms with Gasteiger partial charge in [0.25, 0.3) is 5.91 Å². The minimum Gasteiger partial charge on any atom is -0.349 e. The molecule has 0 unspecified atom stereocenters. The smallest absolute Gasteiger partial charge is 0.251 e. The van der Waals surface area contributed by atoms with Gasteiger partial charge in [0.1, 0.15) is 5.82 Å². The molecule has 3 nitrogen and oxygen atoms in total. The SMILES string of the molecule is CN(C)Cc1ccc(C(=O)N[C@H]2C[C@@H]2c2ccc(F)cc2)cc1. The predicted octanol–water partition coefficient (Wildman–Crippen LogP) is 3.17. The van der Waals surface area contributed by atoms with Gasteiger partial charge >= 0.3 is 0 Å². The highest BCUT2D eigenvalue weighted by Crippen LogP contribution is 2.40. The standard InChI is InChI=1S/C19H21FN2O/c1-22(2)12-13-3-5-15(6-4-13)19(23)21-18-11-17(18)14-7-9-16(20)10-8-14/h3-10,17-18H,11-12H2,1-2H3,(H,21,23)/t17-,18+/m1/s1. The van der Waals surface area contributed by atoms with Crippen LogP contribution in [0, 0.1) is 5.82 Å². The summed E-state index contributed by atoms with van der Waals surface area (Å²) in [6.07, 6.45) is 0.913. The Hall–Kier alpha value is -2.20. The highest BCUT2D eigenvalue weighted by Gasteiger charge is 2.39. The molecule has 120 valence electrons. The quantitative estimate of drug-likeness (QED) is 0.920. The maximum Gasteiger partial charge on any atom is 0.251 e. The van der Waals surface area contributed by atoms with E-state index in [1.807, 2.05) is 38.4 Å². The number of carbonyl (C=O) groups excluding carboxylic acids is 1. The molecular formula is C19H21FN2O. The Labute approximate surface area is 136 Å². The van der Waals surface area contributed by atoms with Crippen LogP contribution in [-0.2, 0) is 6.54 Å². The van der Waals surface area contributed by atoms with Crippen LogP contribution in [0.3, 0.4) is 0 Å². The third kappa shape index (κ3) is 3.96. The Morgan fingerprint density at radius 3 is 2.39 bits per heavy atom. The van der Waals surface area contributed by atoms with Crippen molar-refractivity contribution in [3.05, 3.63) is 71.0 Å². The lowest BCUT2D eigenvalue weighted by Gasteiger charge is -2.10. The van der Waals surface area contributed by atoms with Gasteiger partial charge in [-0.2, -0.15) is 0 Å². The lowest BCUT2D eigenvalue weighted by Crippen LogP contribution is -2.26. The summed E-state index contributed by atoms with van der Waals surface area (Å²) >= 11 is 0. The van der Waals surface area contributed by atoms with Crippen LogP contribution >= 0.6 is 0 Å². The number of hydrogen-bond donors (Lipinski definition) is 1. The summed E-state index contributed by atoms with van der Waals surface area (Å²) in [6, 6.07) is 14.4. The van der Waals surface area contributed by atoms with Crippen LogP contribution in [0.25, 0.3) is 0 Å². The molecule has 2 aromatic carbocycles.